The minimum absolute atomic E-state index is 0.00911. The van der Waals surface area contributed by atoms with Crippen molar-refractivity contribution in [1.82, 2.24) is 4.98 Å². The highest BCUT2D eigenvalue weighted by molar-refractivity contribution is 8.00. The minimum Gasteiger partial charge on any atom is -0.508 e. The van der Waals surface area contributed by atoms with Crippen LogP contribution in [0.1, 0.15) is 40.1 Å². The molecule has 0 radical (unpaired) electrons. The lowest BCUT2D eigenvalue weighted by molar-refractivity contribution is -0.123. The Labute approximate surface area is 226 Å². The second-order valence-corrected chi connectivity index (χ2v) is 12.5. The Morgan fingerprint density at radius 3 is 2.47 bits per heavy atom. The Hall–Kier alpha value is -3.37. The Balaban J connectivity index is 1.26. The van der Waals surface area contributed by atoms with Crippen molar-refractivity contribution >= 4 is 46.6 Å². The average Bonchev–Trinajstić information content (AvgIpc) is 3.64. The van der Waals surface area contributed by atoms with E-state index in [1.807, 2.05) is 12.1 Å². The number of nitrogens with one attached hydrogen (secondary N) is 1. The number of phenolic OH excluding ortho intramolecular Hbond substituents is 1. The molecule has 4 aliphatic rings. The molecular weight excluding hydrogens is 524 g/mol. The van der Waals surface area contributed by atoms with Gasteiger partial charge < -0.3 is 14.8 Å². The largest absolute Gasteiger partial charge is 0.508 e. The fourth-order valence-electron chi connectivity index (χ4n) is 7.33. The molecular formula is C28H24N2O6S2. The molecule has 2 aliphatic heterocycles. The zero-order valence-corrected chi connectivity index (χ0v) is 22.0. The SMILES string of the molecule is CCOC(=O)c1ccc(N2C(=O)C3C(C2=O)[C@@H]2C[C@H]3C3Sc4[nH]c(=O)sc4C(c4ccccc4O)C32)cc1. The number of ether oxygens (including phenoxy) is 1. The zero-order chi connectivity index (χ0) is 26.3. The molecule has 2 bridgehead atoms. The number of phenols is 1. The Bertz CT molecular complexity index is 1550. The average molecular weight is 549 g/mol. The molecule has 2 saturated carbocycles. The molecule has 2 amide bonds. The Morgan fingerprint density at radius 2 is 1.76 bits per heavy atom. The quantitative estimate of drug-likeness (QED) is 0.374. The standard InChI is InChI=1S/C28H24N2O6S2/c1-2-36-27(34)12-7-9-13(10-8-12)30-25(32)20-15-11-16(21(20)26(30)33)22-19(15)18(14-5-3-4-6-17(14)31)23-24(37-22)29-28(35)38-23/h3-10,15-16,18-22,31H,2,11H2,1H3,(H,29,35)/t15-,16-,18?,19?,20?,21?,22?/m1/s1. The number of hydrogen-bond donors (Lipinski definition) is 2. The van der Waals surface area contributed by atoms with E-state index in [9.17, 15) is 24.3 Å². The number of nitrogens with zero attached hydrogens (tertiary/aromatic N) is 1. The number of aromatic nitrogens is 1. The first kappa shape index (κ1) is 23.7. The van der Waals surface area contributed by atoms with Crippen LogP contribution in [0.25, 0.3) is 0 Å². The lowest BCUT2D eigenvalue weighted by atomic mass is 9.68. The maximum absolute atomic E-state index is 13.8. The number of thiazole rings is 1. The van der Waals surface area contributed by atoms with Gasteiger partial charge in [-0.3, -0.25) is 19.3 Å². The van der Waals surface area contributed by atoms with Crippen LogP contribution in [0.2, 0.25) is 0 Å². The molecule has 2 aliphatic carbocycles. The monoisotopic (exact) mass is 548 g/mol. The van der Waals surface area contributed by atoms with Crippen LogP contribution in [0, 0.1) is 29.6 Å². The number of fused-ring (bicyclic) bond motifs is 9. The van der Waals surface area contributed by atoms with Crippen LogP contribution in [0.3, 0.4) is 0 Å². The molecule has 38 heavy (non-hydrogen) atoms. The number of aromatic hydroxyl groups is 1. The summed E-state index contributed by atoms with van der Waals surface area (Å²) >= 11 is 2.78. The van der Waals surface area contributed by atoms with Crippen molar-refractivity contribution in [2.75, 3.05) is 11.5 Å². The van der Waals surface area contributed by atoms with Crippen LogP contribution in [-0.4, -0.2) is 39.7 Å². The molecule has 2 aromatic carbocycles. The van der Waals surface area contributed by atoms with Crippen LogP contribution in [0.15, 0.2) is 58.4 Å². The third-order valence-corrected chi connectivity index (χ3v) is 11.2. The van der Waals surface area contributed by atoms with Crippen molar-refractivity contribution in [3.63, 3.8) is 0 Å². The number of imide groups is 1. The minimum atomic E-state index is -0.449. The summed E-state index contributed by atoms with van der Waals surface area (Å²) in [6, 6.07) is 13.6. The van der Waals surface area contributed by atoms with Gasteiger partial charge in [-0.25, -0.2) is 4.79 Å². The maximum Gasteiger partial charge on any atom is 0.338 e. The number of H-pyrrole nitrogens is 1. The van der Waals surface area contributed by atoms with Crippen molar-refractivity contribution in [3.8, 4) is 5.75 Å². The number of thioether (sulfide) groups is 1. The summed E-state index contributed by atoms with van der Waals surface area (Å²) in [6.07, 6.45) is 0.772. The van der Waals surface area contributed by atoms with Gasteiger partial charge in [-0.2, -0.15) is 0 Å². The number of benzene rings is 2. The first-order valence-corrected chi connectivity index (χ1v) is 14.4. The number of anilines is 1. The number of carbonyl (C=O) groups excluding carboxylic acids is 3. The molecule has 0 spiro atoms. The van der Waals surface area contributed by atoms with Crippen LogP contribution in [0.5, 0.6) is 5.75 Å². The Morgan fingerprint density at radius 1 is 1.05 bits per heavy atom. The number of carbonyl (C=O) groups is 3. The van der Waals surface area contributed by atoms with Gasteiger partial charge >= 0.3 is 10.8 Å². The van der Waals surface area contributed by atoms with E-state index in [2.05, 4.69) is 4.98 Å². The third-order valence-electron chi connectivity index (χ3n) is 8.63. The summed E-state index contributed by atoms with van der Waals surface area (Å²) in [7, 11) is 0. The van der Waals surface area contributed by atoms with Gasteiger partial charge in [0.15, 0.2) is 0 Å². The van der Waals surface area contributed by atoms with E-state index in [1.54, 1.807) is 55.1 Å². The number of amides is 2. The highest BCUT2D eigenvalue weighted by atomic mass is 32.2. The van der Waals surface area contributed by atoms with E-state index < -0.39 is 17.8 Å². The molecule has 10 heteroatoms. The molecule has 8 nitrogen and oxygen atoms in total. The van der Waals surface area contributed by atoms with E-state index in [-0.39, 0.29) is 58.0 Å². The maximum atomic E-state index is 13.8. The van der Waals surface area contributed by atoms with Crippen LogP contribution in [0.4, 0.5) is 5.69 Å². The van der Waals surface area contributed by atoms with Gasteiger partial charge in [-0.15, -0.1) is 11.8 Å². The summed E-state index contributed by atoms with van der Waals surface area (Å²) in [5, 5.41) is 11.7. The highest BCUT2D eigenvalue weighted by Gasteiger charge is 2.69. The van der Waals surface area contributed by atoms with E-state index in [0.29, 0.717) is 11.3 Å². The molecule has 7 rings (SSSR count). The predicted molar refractivity (Wildman–Crippen MR) is 141 cm³/mol. The van der Waals surface area contributed by atoms with E-state index >= 15 is 0 Å². The molecule has 7 atom stereocenters. The van der Waals surface area contributed by atoms with Crippen molar-refractivity contribution < 1.29 is 24.2 Å². The number of aromatic amines is 1. The smallest absolute Gasteiger partial charge is 0.338 e. The second-order valence-electron chi connectivity index (χ2n) is 10.3. The third kappa shape index (κ3) is 3.22. The van der Waals surface area contributed by atoms with Crippen molar-refractivity contribution in [1.29, 1.82) is 0 Å². The summed E-state index contributed by atoms with van der Waals surface area (Å²) in [4.78, 5) is 57.0. The first-order valence-electron chi connectivity index (χ1n) is 12.7. The van der Waals surface area contributed by atoms with Gasteiger partial charge in [0.1, 0.15) is 5.75 Å². The van der Waals surface area contributed by atoms with E-state index in [1.165, 1.54) is 16.2 Å². The number of hydrogen-bond acceptors (Lipinski definition) is 8. The molecule has 2 N–H and O–H groups in total. The predicted octanol–water partition coefficient (Wildman–Crippen LogP) is 4.00. The lowest BCUT2D eigenvalue weighted by Gasteiger charge is -2.43. The Kier molecular flexibility index (Phi) is 5.35. The highest BCUT2D eigenvalue weighted by Crippen LogP contribution is 2.69. The van der Waals surface area contributed by atoms with E-state index in [0.717, 1.165) is 21.9 Å². The van der Waals surface area contributed by atoms with E-state index in [4.69, 9.17) is 4.74 Å². The number of esters is 1. The number of rotatable bonds is 4. The van der Waals surface area contributed by atoms with Gasteiger partial charge in [0.25, 0.3) is 0 Å². The van der Waals surface area contributed by atoms with Gasteiger partial charge in [0.2, 0.25) is 11.8 Å². The molecule has 3 aromatic rings. The molecule has 1 aromatic heterocycles. The van der Waals surface area contributed by atoms with Crippen LogP contribution in [-0.2, 0) is 14.3 Å². The zero-order valence-electron chi connectivity index (χ0n) is 20.3. The molecule has 1 saturated heterocycles. The first-order chi connectivity index (χ1) is 18.4. The fraction of sp³-hybridized carbons (Fsp3) is 0.357. The van der Waals surface area contributed by atoms with Gasteiger partial charge in [0, 0.05) is 21.6 Å². The topological polar surface area (TPSA) is 117 Å². The second kappa shape index (κ2) is 8.57. The normalized spacial score (nSPS) is 30.8. The lowest BCUT2D eigenvalue weighted by Crippen LogP contribution is -2.42. The summed E-state index contributed by atoms with van der Waals surface area (Å²) < 4.78 is 5.04. The van der Waals surface area contributed by atoms with Crippen molar-refractivity contribution in [2.45, 2.75) is 29.5 Å². The molecule has 3 fully saturated rings. The van der Waals surface area contributed by atoms with Crippen molar-refractivity contribution in [2.24, 2.45) is 29.6 Å². The van der Waals surface area contributed by atoms with Gasteiger partial charge in [0.05, 0.1) is 34.7 Å². The fourth-order valence-corrected chi connectivity index (χ4v) is 10.2. The van der Waals surface area contributed by atoms with Crippen molar-refractivity contribution in [3.05, 3.63) is 74.2 Å². The summed E-state index contributed by atoms with van der Waals surface area (Å²) in [5.74, 6) is -1.79. The number of para-hydroxylation sites is 1. The summed E-state index contributed by atoms with van der Waals surface area (Å²) in [6.45, 7) is 2.00. The molecule has 194 valence electrons. The summed E-state index contributed by atoms with van der Waals surface area (Å²) in [5.41, 5.74) is 1.58. The van der Waals surface area contributed by atoms with Gasteiger partial charge in [-0.05, 0) is 61.4 Å². The molecule has 5 unspecified atom stereocenters. The molecule has 3 heterocycles. The van der Waals surface area contributed by atoms with Crippen LogP contribution >= 0.6 is 23.1 Å². The van der Waals surface area contributed by atoms with Gasteiger partial charge in [-0.1, -0.05) is 29.5 Å². The van der Waals surface area contributed by atoms with Crippen LogP contribution < -0.4 is 9.77 Å².